The largest absolute Gasteiger partial charge is 0.415 e. The average Bonchev–Trinajstić information content (AvgIpc) is 2.41. The molecule has 0 aromatic carbocycles. The van der Waals surface area contributed by atoms with Crippen LogP contribution in [-0.4, -0.2) is 18.7 Å². The molecule has 14 heavy (non-hydrogen) atoms. The van der Waals surface area contributed by atoms with Gasteiger partial charge < -0.3 is 9.88 Å². The van der Waals surface area contributed by atoms with Crippen LogP contribution in [0.1, 0.15) is 46.0 Å². The van der Waals surface area contributed by atoms with Crippen molar-refractivity contribution in [2.75, 3.05) is 0 Å². The van der Waals surface area contributed by atoms with Gasteiger partial charge in [0.05, 0.1) is 5.60 Å². The van der Waals surface area contributed by atoms with Gasteiger partial charge in [0.25, 0.3) is 0 Å². The molecular weight excluding hydrogens is 173 g/mol. The number of nitrogens with one attached hydrogen (secondary N) is 1. The van der Waals surface area contributed by atoms with Gasteiger partial charge in [-0.1, -0.05) is 19.3 Å². The minimum absolute atomic E-state index is 0.0292. The van der Waals surface area contributed by atoms with Crippen LogP contribution in [0.25, 0.3) is 0 Å². The van der Waals surface area contributed by atoms with Crippen molar-refractivity contribution in [3.05, 3.63) is 0 Å². The molecule has 2 fully saturated rings. The van der Waals surface area contributed by atoms with E-state index in [1.54, 1.807) is 0 Å². The molecule has 0 amide bonds. The van der Waals surface area contributed by atoms with E-state index in [1.807, 2.05) is 0 Å². The third-order valence-electron chi connectivity index (χ3n) is 3.76. The van der Waals surface area contributed by atoms with Crippen LogP contribution in [0.2, 0.25) is 6.82 Å². The highest BCUT2D eigenvalue weighted by Gasteiger charge is 2.44. The molecule has 80 valence electrons. The van der Waals surface area contributed by atoms with Gasteiger partial charge in [-0.3, -0.25) is 0 Å². The zero-order valence-electron chi connectivity index (χ0n) is 9.68. The van der Waals surface area contributed by atoms with E-state index in [9.17, 15) is 0 Å². The molecule has 1 saturated heterocycles. The Balaban J connectivity index is 2.01. The molecule has 3 heteroatoms. The summed E-state index contributed by atoms with van der Waals surface area (Å²) in [5, 5.41) is 3.59. The van der Waals surface area contributed by atoms with Gasteiger partial charge in [0.2, 0.25) is 0 Å². The Morgan fingerprint density at radius 1 is 1.21 bits per heavy atom. The normalized spacial score (nSPS) is 33.6. The van der Waals surface area contributed by atoms with Crippen LogP contribution in [0.4, 0.5) is 0 Å². The molecule has 2 nitrogen and oxygen atoms in total. The van der Waals surface area contributed by atoms with E-state index in [2.05, 4.69) is 25.9 Å². The third kappa shape index (κ3) is 1.99. The molecule has 2 aliphatic rings. The molecule has 1 aliphatic heterocycles. The van der Waals surface area contributed by atoms with Crippen molar-refractivity contribution in [2.45, 2.75) is 64.4 Å². The van der Waals surface area contributed by atoms with E-state index >= 15 is 0 Å². The summed E-state index contributed by atoms with van der Waals surface area (Å²) in [6.45, 7) is 6.57. The summed E-state index contributed by atoms with van der Waals surface area (Å²) in [5.74, 6) is 0.837. The monoisotopic (exact) mass is 195 g/mol. The minimum atomic E-state index is 0.0292. The van der Waals surface area contributed by atoms with Crippen LogP contribution in [0.3, 0.4) is 0 Å². The van der Waals surface area contributed by atoms with Crippen molar-refractivity contribution in [1.82, 2.24) is 5.23 Å². The van der Waals surface area contributed by atoms with Crippen molar-refractivity contribution in [1.29, 1.82) is 0 Å². The van der Waals surface area contributed by atoms with Gasteiger partial charge in [0, 0.05) is 6.04 Å². The van der Waals surface area contributed by atoms with Gasteiger partial charge in [-0.05, 0) is 39.4 Å². The van der Waals surface area contributed by atoms with Crippen LogP contribution >= 0.6 is 0 Å². The van der Waals surface area contributed by atoms with Gasteiger partial charge in [-0.25, -0.2) is 0 Å². The van der Waals surface area contributed by atoms with Crippen molar-refractivity contribution >= 4 is 7.05 Å². The van der Waals surface area contributed by atoms with E-state index in [-0.39, 0.29) is 12.7 Å². The highest BCUT2D eigenvalue weighted by Crippen LogP contribution is 2.35. The van der Waals surface area contributed by atoms with Crippen LogP contribution in [-0.2, 0) is 4.65 Å². The molecule has 0 radical (unpaired) electrons. The number of hydrogen-bond donors (Lipinski definition) is 1. The standard InChI is InChI=1S/C11H22BNO/c1-11(2)10(13-12(3)14-11)9-7-5-4-6-8-9/h9-10,13H,4-8H2,1-3H3. The molecule has 0 spiro atoms. The second-order valence-corrected chi connectivity index (χ2v) is 5.41. The lowest BCUT2D eigenvalue weighted by Crippen LogP contribution is -2.45. The maximum absolute atomic E-state index is 5.90. The lowest BCUT2D eigenvalue weighted by molar-refractivity contribution is 0.0774. The van der Waals surface area contributed by atoms with Gasteiger partial charge in [0.15, 0.2) is 0 Å². The summed E-state index contributed by atoms with van der Waals surface area (Å²) in [6, 6.07) is 0.567. The lowest BCUT2D eigenvalue weighted by atomic mass is 9.77. The van der Waals surface area contributed by atoms with Gasteiger partial charge in [-0.15, -0.1) is 0 Å². The Hall–Kier alpha value is -0.0151. The maximum atomic E-state index is 5.90. The Morgan fingerprint density at radius 3 is 2.36 bits per heavy atom. The van der Waals surface area contributed by atoms with Crippen LogP contribution in [0, 0.1) is 5.92 Å². The van der Waals surface area contributed by atoms with E-state index in [4.69, 9.17) is 4.65 Å². The predicted molar refractivity (Wildman–Crippen MR) is 60.3 cm³/mol. The maximum Gasteiger partial charge on any atom is 0.377 e. The molecule has 1 heterocycles. The first-order valence-electron chi connectivity index (χ1n) is 6.03. The fourth-order valence-corrected chi connectivity index (χ4v) is 3.19. The Labute approximate surface area is 87.9 Å². The molecule has 0 aromatic heterocycles. The molecule has 1 saturated carbocycles. The van der Waals surface area contributed by atoms with Crippen molar-refractivity contribution in [3.63, 3.8) is 0 Å². The molecule has 0 aromatic rings. The zero-order valence-corrected chi connectivity index (χ0v) is 9.68. The van der Waals surface area contributed by atoms with E-state index in [0.717, 1.165) is 5.92 Å². The van der Waals surface area contributed by atoms with E-state index in [0.29, 0.717) is 6.04 Å². The van der Waals surface area contributed by atoms with Crippen LogP contribution in [0.15, 0.2) is 0 Å². The fourth-order valence-electron chi connectivity index (χ4n) is 3.19. The second-order valence-electron chi connectivity index (χ2n) is 5.41. The molecule has 1 atom stereocenters. The van der Waals surface area contributed by atoms with Gasteiger partial charge in [-0.2, -0.15) is 0 Å². The van der Waals surface area contributed by atoms with E-state index < -0.39 is 0 Å². The average molecular weight is 195 g/mol. The molecule has 0 bridgehead atoms. The Morgan fingerprint density at radius 2 is 1.86 bits per heavy atom. The molecule has 1 aliphatic carbocycles. The summed E-state index contributed by atoms with van der Waals surface area (Å²) < 4.78 is 5.90. The van der Waals surface area contributed by atoms with Gasteiger partial charge >= 0.3 is 7.05 Å². The molecule has 1 unspecified atom stereocenters. The minimum Gasteiger partial charge on any atom is -0.415 e. The molecule has 1 N–H and O–H groups in total. The fraction of sp³-hybridized carbons (Fsp3) is 1.00. The first-order chi connectivity index (χ1) is 6.59. The van der Waals surface area contributed by atoms with Gasteiger partial charge in [0.1, 0.15) is 0 Å². The first-order valence-corrected chi connectivity index (χ1v) is 6.03. The SMILES string of the molecule is CB1NC(C2CCCCC2)C(C)(C)O1. The quantitative estimate of drug-likeness (QED) is 0.649. The lowest BCUT2D eigenvalue weighted by Gasteiger charge is -2.35. The number of hydrogen-bond acceptors (Lipinski definition) is 2. The molecular formula is C11H22BNO. The Kier molecular flexibility index (Phi) is 2.89. The summed E-state index contributed by atoms with van der Waals surface area (Å²) in [6.07, 6.45) is 7.02. The van der Waals surface area contributed by atoms with Crippen LogP contribution in [0.5, 0.6) is 0 Å². The van der Waals surface area contributed by atoms with Crippen LogP contribution < -0.4 is 5.23 Å². The Bertz CT molecular complexity index is 201. The highest BCUT2D eigenvalue weighted by atomic mass is 16.5. The van der Waals surface area contributed by atoms with Crippen molar-refractivity contribution in [3.8, 4) is 0 Å². The summed E-state index contributed by atoms with van der Waals surface area (Å²) in [5.41, 5.74) is 0.0292. The van der Waals surface area contributed by atoms with Crippen molar-refractivity contribution in [2.24, 2.45) is 5.92 Å². The second kappa shape index (κ2) is 3.86. The third-order valence-corrected chi connectivity index (χ3v) is 3.76. The highest BCUT2D eigenvalue weighted by molar-refractivity contribution is 6.48. The van der Waals surface area contributed by atoms with E-state index in [1.165, 1.54) is 32.1 Å². The number of rotatable bonds is 1. The van der Waals surface area contributed by atoms with Crippen molar-refractivity contribution < 1.29 is 4.65 Å². The zero-order chi connectivity index (χ0) is 10.2. The summed E-state index contributed by atoms with van der Waals surface area (Å²) in [4.78, 5) is 0. The summed E-state index contributed by atoms with van der Waals surface area (Å²) >= 11 is 0. The molecule has 2 rings (SSSR count). The predicted octanol–water partition coefficient (Wildman–Crippen LogP) is 2.45. The smallest absolute Gasteiger partial charge is 0.377 e. The summed E-state index contributed by atoms with van der Waals surface area (Å²) in [7, 11) is 0.233. The topological polar surface area (TPSA) is 21.3 Å². The first kappa shape index (κ1) is 10.5.